The number of aromatic nitrogens is 2. The maximum atomic E-state index is 4.38. The van der Waals surface area contributed by atoms with E-state index in [1.165, 1.54) is 11.1 Å². The van der Waals surface area contributed by atoms with Gasteiger partial charge in [0.1, 0.15) is 0 Å². The van der Waals surface area contributed by atoms with E-state index < -0.39 is 0 Å². The largest absolute Gasteiger partial charge is 0.326 e. The smallest absolute Gasteiger partial charge is 0.0961 e. The third-order valence-corrected chi connectivity index (χ3v) is 3.68. The number of fused-ring (bicyclic) bond motifs is 1. The van der Waals surface area contributed by atoms with Crippen molar-refractivity contribution in [3.63, 3.8) is 0 Å². The molecule has 2 aromatic carbocycles. The highest BCUT2D eigenvalue weighted by Gasteiger charge is 2.01. The highest BCUT2D eigenvalue weighted by atomic mass is 15.0. The number of piperazine rings is 1. The third-order valence-electron chi connectivity index (χ3n) is 3.68. The summed E-state index contributed by atoms with van der Waals surface area (Å²) in [5.41, 5.74) is 3.54. The van der Waals surface area contributed by atoms with Gasteiger partial charge in [-0.15, -0.1) is 0 Å². The molecular formula is C18H22N4. The fourth-order valence-corrected chi connectivity index (χ4v) is 2.52. The van der Waals surface area contributed by atoms with Crippen LogP contribution in [0.4, 0.5) is 0 Å². The lowest BCUT2D eigenvalue weighted by Crippen LogP contribution is -2.39. The highest BCUT2D eigenvalue weighted by molar-refractivity contribution is 5.75. The van der Waals surface area contributed by atoms with Crippen LogP contribution in [0.5, 0.6) is 0 Å². The van der Waals surface area contributed by atoms with E-state index >= 15 is 0 Å². The molecule has 1 aromatic heterocycles. The van der Waals surface area contributed by atoms with Gasteiger partial charge in [-0.3, -0.25) is 0 Å². The number of nitrogens with one attached hydrogen (secondary N) is 2. The lowest BCUT2D eigenvalue weighted by atomic mass is 10.2. The van der Waals surface area contributed by atoms with Gasteiger partial charge in [0.2, 0.25) is 0 Å². The molecule has 4 heteroatoms. The minimum atomic E-state index is 0.876. The van der Waals surface area contributed by atoms with Crippen LogP contribution >= 0.6 is 0 Å². The predicted molar refractivity (Wildman–Crippen MR) is 91.0 cm³/mol. The molecule has 114 valence electrons. The maximum absolute atomic E-state index is 4.38. The van der Waals surface area contributed by atoms with Crippen molar-refractivity contribution in [3.05, 3.63) is 66.5 Å². The molecule has 0 saturated carbocycles. The van der Waals surface area contributed by atoms with Crippen molar-refractivity contribution in [2.45, 2.75) is 6.54 Å². The molecule has 4 rings (SSSR count). The number of hydrogen-bond donors (Lipinski definition) is 2. The summed E-state index contributed by atoms with van der Waals surface area (Å²) in [4.78, 5) is 4.38. The summed E-state index contributed by atoms with van der Waals surface area (Å²) in [6, 6.07) is 18.6. The average molecular weight is 294 g/mol. The summed E-state index contributed by atoms with van der Waals surface area (Å²) in [5, 5.41) is 6.44. The Morgan fingerprint density at radius 1 is 0.818 bits per heavy atom. The molecule has 22 heavy (non-hydrogen) atoms. The van der Waals surface area contributed by atoms with Crippen LogP contribution < -0.4 is 10.6 Å². The zero-order valence-electron chi connectivity index (χ0n) is 12.7. The Balaban J connectivity index is 0.000000202. The van der Waals surface area contributed by atoms with E-state index in [2.05, 4.69) is 50.5 Å². The van der Waals surface area contributed by atoms with Gasteiger partial charge < -0.3 is 15.2 Å². The summed E-state index contributed by atoms with van der Waals surface area (Å²) in [6.07, 6.45) is 1.90. The van der Waals surface area contributed by atoms with Gasteiger partial charge >= 0.3 is 0 Å². The molecule has 1 saturated heterocycles. The van der Waals surface area contributed by atoms with Gasteiger partial charge in [0.05, 0.1) is 17.4 Å². The van der Waals surface area contributed by atoms with Crippen LogP contribution in [0.2, 0.25) is 0 Å². The number of hydrogen-bond acceptors (Lipinski definition) is 3. The topological polar surface area (TPSA) is 41.9 Å². The van der Waals surface area contributed by atoms with E-state index in [1.807, 2.05) is 30.6 Å². The first-order valence-electron chi connectivity index (χ1n) is 7.79. The number of nitrogens with zero attached hydrogens (tertiary/aromatic N) is 2. The van der Waals surface area contributed by atoms with Crippen LogP contribution in [0.25, 0.3) is 11.0 Å². The molecule has 0 amide bonds. The number of para-hydroxylation sites is 2. The van der Waals surface area contributed by atoms with E-state index in [0.717, 1.165) is 38.2 Å². The molecule has 0 aliphatic carbocycles. The SMILES string of the molecule is C1CNCCN1.c1ccc(Cn2cnc3ccccc32)cc1. The van der Waals surface area contributed by atoms with Crippen LogP contribution in [0.15, 0.2) is 60.9 Å². The van der Waals surface area contributed by atoms with Gasteiger partial charge in [0, 0.05) is 32.7 Å². The molecule has 0 unspecified atom stereocenters. The van der Waals surface area contributed by atoms with Crippen LogP contribution in [0.1, 0.15) is 5.56 Å². The predicted octanol–water partition coefficient (Wildman–Crippen LogP) is 2.26. The van der Waals surface area contributed by atoms with E-state index in [-0.39, 0.29) is 0 Å². The molecular weight excluding hydrogens is 272 g/mol. The molecule has 0 atom stereocenters. The zero-order valence-corrected chi connectivity index (χ0v) is 12.7. The van der Waals surface area contributed by atoms with E-state index in [9.17, 15) is 0 Å². The van der Waals surface area contributed by atoms with Crippen molar-refractivity contribution >= 4 is 11.0 Å². The molecule has 1 aliphatic heterocycles. The van der Waals surface area contributed by atoms with Gasteiger partial charge in [-0.25, -0.2) is 4.98 Å². The van der Waals surface area contributed by atoms with Crippen LogP contribution in [-0.4, -0.2) is 35.7 Å². The van der Waals surface area contributed by atoms with Crippen molar-refractivity contribution in [2.24, 2.45) is 0 Å². The van der Waals surface area contributed by atoms with Crippen molar-refractivity contribution in [3.8, 4) is 0 Å². The second kappa shape index (κ2) is 7.73. The minimum absolute atomic E-state index is 0.876. The van der Waals surface area contributed by atoms with Crippen LogP contribution in [-0.2, 0) is 6.54 Å². The van der Waals surface area contributed by atoms with Crippen LogP contribution in [0.3, 0.4) is 0 Å². The van der Waals surface area contributed by atoms with Gasteiger partial charge in [0.25, 0.3) is 0 Å². The fraction of sp³-hybridized carbons (Fsp3) is 0.278. The monoisotopic (exact) mass is 294 g/mol. The lowest BCUT2D eigenvalue weighted by molar-refractivity contribution is 0.534. The standard InChI is InChI=1S/C14H12N2.C4H10N2/c1-2-6-12(7-3-1)10-16-11-15-13-8-4-5-9-14(13)16;1-2-6-4-3-5-1/h1-9,11H,10H2;5-6H,1-4H2. The lowest BCUT2D eigenvalue weighted by Gasteiger charge is -2.11. The summed E-state index contributed by atoms with van der Waals surface area (Å²) >= 11 is 0. The Kier molecular flexibility index (Phi) is 5.18. The molecule has 1 aliphatic rings. The van der Waals surface area contributed by atoms with E-state index in [4.69, 9.17) is 0 Å². The fourth-order valence-electron chi connectivity index (χ4n) is 2.52. The van der Waals surface area contributed by atoms with Crippen molar-refractivity contribution in [2.75, 3.05) is 26.2 Å². The van der Waals surface area contributed by atoms with E-state index in [1.54, 1.807) is 0 Å². The second-order valence-corrected chi connectivity index (χ2v) is 5.35. The number of rotatable bonds is 2. The summed E-state index contributed by atoms with van der Waals surface area (Å²) in [7, 11) is 0. The van der Waals surface area contributed by atoms with Gasteiger partial charge in [-0.1, -0.05) is 42.5 Å². The molecule has 0 radical (unpaired) electrons. The average Bonchev–Trinajstić information content (AvgIpc) is 3.01. The minimum Gasteiger partial charge on any atom is -0.326 e. The first kappa shape index (κ1) is 14.8. The first-order chi connectivity index (χ1) is 10.9. The molecule has 3 aromatic rings. The maximum Gasteiger partial charge on any atom is 0.0961 e. The summed E-state index contributed by atoms with van der Waals surface area (Å²) in [6.45, 7) is 5.43. The third kappa shape index (κ3) is 3.93. The molecule has 0 spiro atoms. The Bertz CT molecular complexity index is 675. The summed E-state index contributed by atoms with van der Waals surface area (Å²) < 4.78 is 2.17. The molecule has 1 fully saturated rings. The van der Waals surface area contributed by atoms with E-state index in [0.29, 0.717) is 0 Å². The number of imidazole rings is 1. The molecule has 2 N–H and O–H groups in total. The number of benzene rings is 2. The van der Waals surface area contributed by atoms with Gasteiger partial charge in [0.15, 0.2) is 0 Å². The second-order valence-electron chi connectivity index (χ2n) is 5.35. The van der Waals surface area contributed by atoms with Crippen molar-refractivity contribution < 1.29 is 0 Å². The van der Waals surface area contributed by atoms with Gasteiger partial charge in [-0.2, -0.15) is 0 Å². The molecule has 2 heterocycles. The normalized spacial score (nSPS) is 14.4. The summed E-state index contributed by atoms with van der Waals surface area (Å²) in [5.74, 6) is 0. The van der Waals surface area contributed by atoms with Crippen molar-refractivity contribution in [1.29, 1.82) is 0 Å². The quantitative estimate of drug-likeness (QED) is 0.762. The van der Waals surface area contributed by atoms with Crippen LogP contribution in [0, 0.1) is 0 Å². The van der Waals surface area contributed by atoms with Gasteiger partial charge in [-0.05, 0) is 17.7 Å². The Hall–Kier alpha value is -2.17. The van der Waals surface area contributed by atoms with Crippen molar-refractivity contribution in [1.82, 2.24) is 20.2 Å². The zero-order chi connectivity index (χ0) is 15.0. The molecule has 4 nitrogen and oxygen atoms in total. The highest BCUT2D eigenvalue weighted by Crippen LogP contribution is 2.13. The Labute approximate surface area is 131 Å². The Morgan fingerprint density at radius 2 is 1.45 bits per heavy atom. The first-order valence-corrected chi connectivity index (χ1v) is 7.79. The molecule has 0 bridgehead atoms. The Morgan fingerprint density at radius 3 is 2.14 bits per heavy atom.